The van der Waals surface area contributed by atoms with E-state index in [0.717, 1.165) is 18.2 Å². The molecule has 0 aliphatic carbocycles. The molecule has 4 N–H and O–H groups in total. The van der Waals surface area contributed by atoms with E-state index < -0.39 is 40.5 Å². The van der Waals surface area contributed by atoms with Gasteiger partial charge >= 0.3 is 0 Å². The molecule has 0 aromatic heterocycles. The van der Waals surface area contributed by atoms with E-state index in [0.29, 0.717) is 0 Å². The Bertz CT molecular complexity index is 439. The van der Waals surface area contributed by atoms with Crippen molar-refractivity contribution in [3.05, 3.63) is 33.9 Å². The van der Waals surface area contributed by atoms with Gasteiger partial charge in [0, 0.05) is 17.7 Å². The summed E-state index contributed by atoms with van der Waals surface area (Å²) >= 11 is 0. The third-order valence-electron chi connectivity index (χ3n) is 2.22. The topological polar surface area (TPSA) is 110 Å². The van der Waals surface area contributed by atoms with E-state index in [1.165, 1.54) is 0 Å². The smallest absolute Gasteiger partial charge is 0.289 e. The highest BCUT2D eigenvalue weighted by molar-refractivity contribution is 5.45. The van der Waals surface area contributed by atoms with E-state index in [9.17, 15) is 24.0 Å². The van der Waals surface area contributed by atoms with E-state index in [1.54, 1.807) is 0 Å². The van der Waals surface area contributed by atoms with Crippen molar-refractivity contribution in [2.24, 2.45) is 5.73 Å². The number of aliphatic hydroxyl groups excluding tert-OH is 1. The number of hydrogen-bond donors (Lipinski definition) is 3. The first kappa shape index (κ1) is 13.3. The molecule has 1 aromatic carbocycles. The Kier molecular flexibility index (Phi) is 3.59. The van der Waals surface area contributed by atoms with E-state index >= 15 is 0 Å². The van der Waals surface area contributed by atoms with Gasteiger partial charge in [-0.2, -0.15) is 0 Å². The van der Waals surface area contributed by atoms with Gasteiger partial charge in [0.1, 0.15) is 18.4 Å². The molecule has 6 nitrogen and oxygen atoms in total. The van der Waals surface area contributed by atoms with Crippen LogP contribution < -0.4 is 5.73 Å². The van der Waals surface area contributed by atoms with Crippen molar-refractivity contribution >= 4 is 5.69 Å². The largest absolute Gasteiger partial charge is 0.508 e. The zero-order valence-electron chi connectivity index (χ0n) is 8.51. The minimum atomic E-state index is -3.67. The van der Waals surface area contributed by atoms with Crippen LogP contribution in [0, 0.1) is 10.1 Å². The first-order valence-corrected chi connectivity index (χ1v) is 4.51. The Morgan fingerprint density at radius 2 is 2.12 bits per heavy atom. The molecule has 0 amide bonds. The molecule has 94 valence electrons. The van der Waals surface area contributed by atoms with Crippen LogP contribution in [0.4, 0.5) is 14.5 Å². The highest BCUT2D eigenvalue weighted by Crippen LogP contribution is 2.35. The van der Waals surface area contributed by atoms with Crippen LogP contribution in [0.5, 0.6) is 5.75 Å². The van der Waals surface area contributed by atoms with Crippen LogP contribution in [0.1, 0.15) is 11.6 Å². The minimum absolute atomic E-state index is 0.470. The molecular formula is C9H10F2N2O4. The summed E-state index contributed by atoms with van der Waals surface area (Å²) in [5.41, 5.74) is 4.20. The Morgan fingerprint density at radius 1 is 1.53 bits per heavy atom. The van der Waals surface area contributed by atoms with Crippen LogP contribution in [-0.4, -0.2) is 27.7 Å². The van der Waals surface area contributed by atoms with Gasteiger partial charge in [0.05, 0.1) is 4.92 Å². The Morgan fingerprint density at radius 3 is 2.59 bits per heavy atom. The van der Waals surface area contributed by atoms with Crippen molar-refractivity contribution in [3.63, 3.8) is 0 Å². The molecule has 17 heavy (non-hydrogen) atoms. The molecule has 1 atom stereocenters. The molecule has 0 radical (unpaired) electrons. The lowest BCUT2D eigenvalue weighted by atomic mass is 10.0. The molecule has 0 aliphatic heterocycles. The lowest BCUT2D eigenvalue weighted by Crippen LogP contribution is -2.36. The van der Waals surface area contributed by atoms with Crippen molar-refractivity contribution in [2.45, 2.75) is 12.0 Å². The van der Waals surface area contributed by atoms with Gasteiger partial charge in [-0.15, -0.1) is 0 Å². The number of nitro benzene ring substituents is 1. The van der Waals surface area contributed by atoms with Crippen LogP contribution in [0.25, 0.3) is 0 Å². The van der Waals surface area contributed by atoms with Crippen molar-refractivity contribution < 1.29 is 23.9 Å². The zero-order chi connectivity index (χ0) is 13.2. The predicted molar refractivity (Wildman–Crippen MR) is 53.7 cm³/mol. The summed E-state index contributed by atoms with van der Waals surface area (Å²) in [5.74, 6) is -4.26. The van der Waals surface area contributed by atoms with E-state index in [1.807, 2.05) is 0 Å². The molecule has 0 saturated heterocycles. The van der Waals surface area contributed by atoms with Gasteiger partial charge in [-0.1, -0.05) is 0 Å². The summed E-state index contributed by atoms with van der Waals surface area (Å²) in [6.45, 7) is -1.52. The molecule has 0 unspecified atom stereocenters. The summed E-state index contributed by atoms with van der Waals surface area (Å²) in [6, 6.07) is 0.597. The summed E-state index contributed by atoms with van der Waals surface area (Å²) in [6.07, 6.45) is 0. The lowest BCUT2D eigenvalue weighted by Gasteiger charge is -2.22. The van der Waals surface area contributed by atoms with Crippen LogP contribution in [0.3, 0.4) is 0 Å². The van der Waals surface area contributed by atoms with Crippen LogP contribution in [0.15, 0.2) is 18.2 Å². The molecule has 8 heteroatoms. The van der Waals surface area contributed by atoms with Gasteiger partial charge in [0.25, 0.3) is 11.6 Å². The maximum atomic E-state index is 13.1. The quantitative estimate of drug-likeness (QED) is 0.542. The third-order valence-corrected chi connectivity index (χ3v) is 2.22. The lowest BCUT2D eigenvalue weighted by molar-refractivity contribution is -0.385. The number of nitro groups is 1. The number of halogens is 2. The number of phenols is 1. The maximum absolute atomic E-state index is 13.1. The standard InChI is InChI=1S/C9H10F2N2O4/c10-9(11,4-14)8(12)6-3-5(13(16)17)1-2-7(6)15/h1-3,8,14-15H,4,12H2/t8-/m0/s1. The van der Waals surface area contributed by atoms with Crippen LogP contribution in [0.2, 0.25) is 0 Å². The normalized spacial score (nSPS) is 13.4. The third kappa shape index (κ3) is 2.66. The van der Waals surface area contributed by atoms with Crippen molar-refractivity contribution in [1.29, 1.82) is 0 Å². The van der Waals surface area contributed by atoms with Crippen molar-refractivity contribution in [2.75, 3.05) is 6.61 Å². The number of phenolic OH excluding ortho intramolecular Hbond substituents is 1. The highest BCUT2D eigenvalue weighted by Gasteiger charge is 2.39. The van der Waals surface area contributed by atoms with Gasteiger partial charge in [0.2, 0.25) is 0 Å². The molecule has 1 rings (SSSR count). The summed E-state index contributed by atoms with van der Waals surface area (Å²) in [5, 5.41) is 28.2. The number of alkyl halides is 2. The fourth-order valence-electron chi connectivity index (χ4n) is 1.23. The van der Waals surface area contributed by atoms with Gasteiger partial charge in [-0.3, -0.25) is 10.1 Å². The molecule has 0 fully saturated rings. The number of nitrogens with two attached hydrogens (primary N) is 1. The van der Waals surface area contributed by atoms with Crippen molar-refractivity contribution in [1.82, 2.24) is 0 Å². The number of nitrogens with zero attached hydrogens (tertiary/aromatic N) is 1. The number of aromatic hydroxyl groups is 1. The monoisotopic (exact) mass is 248 g/mol. The average molecular weight is 248 g/mol. The molecule has 0 saturated carbocycles. The second-order valence-electron chi connectivity index (χ2n) is 3.40. The van der Waals surface area contributed by atoms with Crippen LogP contribution >= 0.6 is 0 Å². The average Bonchev–Trinajstić information content (AvgIpc) is 2.28. The maximum Gasteiger partial charge on any atom is 0.289 e. The molecule has 0 bridgehead atoms. The summed E-state index contributed by atoms with van der Waals surface area (Å²) < 4.78 is 26.2. The highest BCUT2D eigenvalue weighted by atomic mass is 19.3. The fraction of sp³-hybridized carbons (Fsp3) is 0.333. The van der Waals surface area contributed by atoms with Gasteiger partial charge in [-0.05, 0) is 6.07 Å². The fourth-order valence-corrected chi connectivity index (χ4v) is 1.23. The second-order valence-corrected chi connectivity index (χ2v) is 3.40. The van der Waals surface area contributed by atoms with E-state index in [-0.39, 0.29) is 0 Å². The first-order chi connectivity index (χ1) is 7.79. The Hall–Kier alpha value is -1.80. The second kappa shape index (κ2) is 4.60. The molecule has 0 aliphatic rings. The minimum Gasteiger partial charge on any atom is -0.508 e. The van der Waals surface area contributed by atoms with E-state index in [4.69, 9.17) is 10.8 Å². The molecule has 0 heterocycles. The van der Waals surface area contributed by atoms with Gasteiger partial charge in [0.15, 0.2) is 0 Å². The Labute approximate surface area is 94.4 Å². The number of rotatable bonds is 4. The first-order valence-electron chi connectivity index (χ1n) is 4.51. The number of hydrogen-bond acceptors (Lipinski definition) is 5. The predicted octanol–water partition coefficient (Wildman–Crippen LogP) is 0.928. The number of aliphatic hydroxyl groups is 1. The molecular weight excluding hydrogens is 238 g/mol. The van der Waals surface area contributed by atoms with E-state index in [2.05, 4.69) is 0 Å². The van der Waals surface area contributed by atoms with Gasteiger partial charge < -0.3 is 15.9 Å². The SMILES string of the molecule is N[C@@H](c1cc([N+](=O)[O-])ccc1O)C(F)(F)CO. The zero-order valence-corrected chi connectivity index (χ0v) is 8.51. The number of non-ortho nitro benzene ring substituents is 1. The molecule has 0 spiro atoms. The Balaban J connectivity index is 3.21. The van der Waals surface area contributed by atoms with Crippen LogP contribution in [-0.2, 0) is 0 Å². The summed E-state index contributed by atoms with van der Waals surface area (Å²) in [4.78, 5) is 9.65. The van der Waals surface area contributed by atoms with Crippen molar-refractivity contribution in [3.8, 4) is 5.75 Å². The molecule has 1 aromatic rings. The summed E-state index contributed by atoms with van der Waals surface area (Å²) in [7, 11) is 0. The van der Waals surface area contributed by atoms with Gasteiger partial charge in [-0.25, -0.2) is 8.78 Å². The number of benzene rings is 1.